The molecule has 0 bridgehead atoms. The number of rotatable bonds is 5. The van der Waals surface area contributed by atoms with Gasteiger partial charge in [0, 0.05) is 11.5 Å². The average molecular weight is 276 g/mol. The van der Waals surface area contributed by atoms with E-state index in [1.54, 1.807) is 18.2 Å². The van der Waals surface area contributed by atoms with Crippen LogP contribution in [-0.2, 0) is 19.1 Å². The third kappa shape index (κ3) is 3.26. The van der Waals surface area contributed by atoms with Gasteiger partial charge in [0.05, 0.1) is 20.1 Å². The lowest BCUT2D eigenvalue weighted by Gasteiger charge is -2.36. The van der Waals surface area contributed by atoms with Crippen molar-refractivity contribution in [1.29, 1.82) is 0 Å². The van der Waals surface area contributed by atoms with Gasteiger partial charge in [0.1, 0.15) is 0 Å². The molecule has 0 aromatic carbocycles. The Hall–Kier alpha value is -2.10. The Kier molecular flexibility index (Phi) is 5.50. The predicted octanol–water partition coefficient (Wildman–Crippen LogP) is 2.58. The summed E-state index contributed by atoms with van der Waals surface area (Å²) in [4.78, 5) is 23.3. The number of ether oxygens (including phenoxy) is 2. The van der Waals surface area contributed by atoms with Gasteiger partial charge in [-0.25, -0.2) is 4.79 Å². The largest absolute Gasteiger partial charge is 0.469 e. The van der Waals surface area contributed by atoms with Crippen LogP contribution in [0.2, 0.25) is 0 Å². The van der Waals surface area contributed by atoms with Gasteiger partial charge in [-0.3, -0.25) is 4.79 Å². The third-order valence-corrected chi connectivity index (χ3v) is 3.63. The zero-order valence-corrected chi connectivity index (χ0v) is 11.9. The summed E-state index contributed by atoms with van der Waals surface area (Å²) in [5.74, 6) is -1.35. The van der Waals surface area contributed by atoms with Crippen LogP contribution in [0.1, 0.15) is 12.8 Å². The smallest absolute Gasteiger partial charge is 0.330 e. The van der Waals surface area contributed by atoms with Crippen LogP contribution in [-0.4, -0.2) is 26.2 Å². The number of carbonyl (C=O) groups excluding carboxylic acids is 2. The van der Waals surface area contributed by atoms with E-state index in [1.807, 2.05) is 6.08 Å². The number of esters is 2. The van der Waals surface area contributed by atoms with E-state index in [9.17, 15) is 9.59 Å². The van der Waals surface area contributed by atoms with Crippen molar-refractivity contribution in [2.24, 2.45) is 11.3 Å². The lowest BCUT2D eigenvalue weighted by Crippen LogP contribution is -2.35. The fourth-order valence-electron chi connectivity index (χ4n) is 2.33. The first-order valence-electron chi connectivity index (χ1n) is 6.34. The molecular formula is C16H20O4. The summed E-state index contributed by atoms with van der Waals surface area (Å²) in [5.41, 5.74) is 0.345. The minimum Gasteiger partial charge on any atom is -0.469 e. The lowest BCUT2D eigenvalue weighted by atomic mass is 9.67. The molecule has 1 aliphatic carbocycles. The van der Waals surface area contributed by atoms with Crippen molar-refractivity contribution < 1.29 is 19.1 Å². The molecule has 4 heteroatoms. The maximum atomic E-state index is 12.0. The van der Waals surface area contributed by atoms with Crippen LogP contribution in [0.25, 0.3) is 0 Å². The molecule has 20 heavy (non-hydrogen) atoms. The van der Waals surface area contributed by atoms with Crippen molar-refractivity contribution >= 4 is 11.9 Å². The standard InChI is InChI=1S/C16H20O4/c1-5-12-7-9-16(6-2,10-8-14(17)19-3)13(11-12)15(18)20-4/h5-6,8,10-11,13H,1-2,7,9H2,3-4H3/b10-8+/t13-,16-/m0/s1. The fourth-order valence-corrected chi connectivity index (χ4v) is 2.33. The van der Waals surface area contributed by atoms with Crippen LogP contribution < -0.4 is 0 Å². The molecule has 0 saturated heterocycles. The van der Waals surface area contributed by atoms with Gasteiger partial charge in [-0.2, -0.15) is 0 Å². The van der Waals surface area contributed by atoms with Gasteiger partial charge < -0.3 is 9.47 Å². The molecule has 1 aliphatic rings. The van der Waals surface area contributed by atoms with Crippen LogP contribution in [0.3, 0.4) is 0 Å². The summed E-state index contributed by atoms with van der Waals surface area (Å²) in [6.07, 6.45) is 9.65. The third-order valence-electron chi connectivity index (χ3n) is 3.63. The van der Waals surface area contributed by atoms with E-state index in [0.29, 0.717) is 6.42 Å². The molecule has 0 N–H and O–H groups in total. The molecule has 0 heterocycles. The summed E-state index contributed by atoms with van der Waals surface area (Å²) in [6, 6.07) is 0. The lowest BCUT2D eigenvalue weighted by molar-refractivity contribution is -0.146. The van der Waals surface area contributed by atoms with Crippen LogP contribution in [0.4, 0.5) is 0 Å². The summed E-state index contributed by atoms with van der Waals surface area (Å²) in [5, 5.41) is 0. The molecule has 0 aliphatic heterocycles. The van der Waals surface area contributed by atoms with Gasteiger partial charge in [-0.05, 0) is 12.8 Å². The predicted molar refractivity (Wildman–Crippen MR) is 76.8 cm³/mol. The summed E-state index contributed by atoms with van der Waals surface area (Å²) >= 11 is 0. The molecule has 0 spiro atoms. The van der Waals surface area contributed by atoms with Gasteiger partial charge in [0.15, 0.2) is 0 Å². The van der Waals surface area contributed by atoms with Gasteiger partial charge >= 0.3 is 11.9 Å². The molecule has 0 aromatic heterocycles. The number of hydrogen-bond donors (Lipinski definition) is 0. The van der Waals surface area contributed by atoms with Gasteiger partial charge in [0.25, 0.3) is 0 Å². The zero-order valence-electron chi connectivity index (χ0n) is 11.9. The minimum atomic E-state index is -0.645. The zero-order chi connectivity index (χ0) is 15.2. The Morgan fingerprint density at radius 2 is 2.05 bits per heavy atom. The van der Waals surface area contributed by atoms with Crippen molar-refractivity contribution in [3.8, 4) is 0 Å². The molecule has 0 amide bonds. The van der Waals surface area contributed by atoms with Crippen molar-refractivity contribution in [2.45, 2.75) is 12.8 Å². The molecule has 4 nitrogen and oxygen atoms in total. The van der Waals surface area contributed by atoms with E-state index in [-0.39, 0.29) is 5.97 Å². The molecule has 0 fully saturated rings. The first-order valence-corrected chi connectivity index (χ1v) is 6.34. The maximum Gasteiger partial charge on any atom is 0.330 e. The fraction of sp³-hybridized carbons (Fsp3) is 0.375. The quantitative estimate of drug-likeness (QED) is 0.440. The normalized spacial score (nSPS) is 25.7. The Labute approximate surface area is 119 Å². The molecule has 108 valence electrons. The highest BCUT2D eigenvalue weighted by Gasteiger charge is 2.40. The van der Waals surface area contributed by atoms with Crippen molar-refractivity contribution in [1.82, 2.24) is 0 Å². The first-order chi connectivity index (χ1) is 9.52. The monoisotopic (exact) mass is 276 g/mol. The van der Waals surface area contributed by atoms with Crippen LogP contribution >= 0.6 is 0 Å². The van der Waals surface area contributed by atoms with Crippen molar-refractivity contribution in [3.63, 3.8) is 0 Å². The molecule has 0 aromatic rings. The molecule has 1 rings (SSSR count). The Morgan fingerprint density at radius 1 is 1.35 bits per heavy atom. The summed E-state index contributed by atoms with van der Waals surface area (Å²) in [6.45, 7) is 7.54. The van der Waals surface area contributed by atoms with Crippen molar-refractivity contribution in [3.05, 3.63) is 49.1 Å². The van der Waals surface area contributed by atoms with E-state index in [4.69, 9.17) is 4.74 Å². The van der Waals surface area contributed by atoms with Crippen LogP contribution in [0, 0.1) is 11.3 Å². The number of methoxy groups -OCH3 is 2. The highest BCUT2D eigenvalue weighted by Crippen LogP contribution is 2.43. The van der Waals surface area contributed by atoms with E-state index in [0.717, 1.165) is 12.0 Å². The SMILES string of the molecule is C=CC1=C[C@@H](C(=O)OC)[C@](C=C)(/C=C/C(=O)OC)CC1. The van der Waals surface area contributed by atoms with Gasteiger partial charge in [0.2, 0.25) is 0 Å². The average Bonchev–Trinajstić information content (AvgIpc) is 2.51. The number of allylic oxidation sites excluding steroid dienone is 4. The van der Waals surface area contributed by atoms with Crippen LogP contribution in [0.15, 0.2) is 49.1 Å². The van der Waals surface area contributed by atoms with Crippen molar-refractivity contribution in [2.75, 3.05) is 14.2 Å². The summed E-state index contributed by atoms with van der Waals surface area (Å²) in [7, 11) is 2.65. The highest BCUT2D eigenvalue weighted by molar-refractivity contribution is 5.83. The topological polar surface area (TPSA) is 52.6 Å². The second kappa shape index (κ2) is 6.89. The van der Waals surface area contributed by atoms with Crippen LogP contribution in [0.5, 0.6) is 0 Å². The van der Waals surface area contributed by atoms with Gasteiger partial charge in [-0.15, -0.1) is 6.58 Å². The number of carbonyl (C=O) groups is 2. The second-order valence-electron chi connectivity index (χ2n) is 4.62. The molecule has 0 radical (unpaired) electrons. The Balaban J connectivity index is 3.21. The molecular weight excluding hydrogens is 256 g/mol. The number of hydrogen-bond acceptors (Lipinski definition) is 4. The summed E-state index contributed by atoms with van der Waals surface area (Å²) < 4.78 is 9.44. The molecule has 0 saturated carbocycles. The molecule has 2 atom stereocenters. The van der Waals surface area contributed by atoms with E-state index >= 15 is 0 Å². The van der Waals surface area contributed by atoms with E-state index < -0.39 is 17.3 Å². The first kappa shape index (κ1) is 16.0. The van der Waals surface area contributed by atoms with E-state index in [1.165, 1.54) is 20.3 Å². The Morgan fingerprint density at radius 3 is 2.55 bits per heavy atom. The molecule has 0 unspecified atom stereocenters. The Bertz CT molecular complexity index is 473. The minimum absolute atomic E-state index is 0.363. The van der Waals surface area contributed by atoms with E-state index in [2.05, 4.69) is 17.9 Å². The maximum absolute atomic E-state index is 12.0. The second-order valence-corrected chi connectivity index (χ2v) is 4.62. The van der Waals surface area contributed by atoms with Gasteiger partial charge in [-0.1, -0.05) is 36.5 Å². The highest BCUT2D eigenvalue weighted by atomic mass is 16.5.